The van der Waals surface area contributed by atoms with Crippen molar-refractivity contribution < 1.29 is 23.0 Å². The van der Waals surface area contributed by atoms with E-state index < -0.39 is 31.4 Å². The van der Waals surface area contributed by atoms with Gasteiger partial charge in [0.15, 0.2) is 11.6 Å². The summed E-state index contributed by atoms with van der Waals surface area (Å²) in [6, 6.07) is 6.03. The summed E-state index contributed by atoms with van der Waals surface area (Å²) in [4.78, 5) is 16.9. The van der Waals surface area contributed by atoms with E-state index in [0.29, 0.717) is 76.8 Å². The van der Waals surface area contributed by atoms with Crippen LogP contribution in [0.2, 0.25) is 16.6 Å². The van der Waals surface area contributed by atoms with Crippen LogP contribution in [0.1, 0.15) is 91.3 Å². The molecule has 4 aliphatic rings. The lowest BCUT2D eigenvalue weighted by Crippen LogP contribution is -2.44. The predicted molar refractivity (Wildman–Crippen MR) is 215 cm³/mol. The van der Waals surface area contributed by atoms with E-state index in [-0.39, 0.29) is 40.7 Å². The molecule has 8 rings (SSSR count). The molecular weight excluding hydrogens is 718 g/mol. The van der Waals surface area contributed by atoms with Gasteiger partial charge in [-0.3, -0.25) is 9.91 Å². The van der Waals surface area contributed by atoms with Gasteiger partial charge in [0, 0.05) is 50.0 Å². The molecule has 292 valence electrons. The third-order valence-electron chi connectivity index (χ3n) is 13.1. The number of hydrogen-bond acceptors (Lipinski definition) is 8. The highest BCUT2D eigenvalue weighted by molar-refractivity contribution is 6.90. The third-order valence-corrected chi connectivity index (χ3v) is 19.4. The summed E-state index contributed by atoms with van der Waals surface area (Å²) in [6.07, 6.45) is 4.83. The van der Waals surface area contributed by atoms with Gasteiger partial charge >= 0.3 is 6.01 Å². The number of nitrogens with zero attached hydrogens (tertiary/aromatic N) is 6. The zero-order chi connectivity index (χ0) is 38.8. The van der Waals surface area contributed by atoms with Crippen LogP contribution in [0, 0.1) is 23.1 Å². The Morgan fingerprint density at radius 2 is 1.69 bits per heavy atom. The number of phenols is 1. The van der Waals surface area contributed by atoms with Crippen molar-refractivity contribution in [3.63, 3.8) is 0 Å². The molecule has 0 radical (unpaired) electrons. The number of aromatic nitrogens is 3. The summed E-state index contributed by atoms with van der Waals surface area (Å²) in [5, 5.41) is 16.9. The first-order valence-electron chi connectivity index (χ1n) is 20.3. The number of aromatic hydroxyl groups is 1. The Hall–Kier alpha value is -3.92. The van der Waals surface area contributed by atoms with Gasteiger partial charge < -0.3 is 9.84 Å². The number of rotatable bonds is 7. The first-order chi connectivity index (χ1) is 26.3. The van der Waals surface area contributed by atoms with Crippen LogP contribution in [0.3, 0.4) is 0 Å². The van der Waals surface area contributed by atoms with Gasteiger partial charge in [0.2, 0.25) is 0 Å². The van der Waals surface area contributed by atoms with Crippen LogP contribution >= 0.6 is 0 Å². The van der Waals surface area contributed by atoms with Crippen molar-refractivity contribution in [1.29, 1.82) is 0 Å². The number of hydrazine groups is 1. The van der Waals surface area contributed by atoms with E-state index in [1.54, 1.807) is 12.1 Å². The standard InChI is InChI=1S/C43H53F3N6O2Si/c1-26(2)55(27(3)4,28(5)6)20-14-32-34(45)12-11-29-21-31(53)22-33(36(29)32)39-38(46)40-37-35(47-39)13-19-51-17-8-7-9-18-52(51)41(37)49-42(48-40)54-25-43-15-10-16-50(43)24-30(44)23-43/h11-12,21-22,26-28,30,53H,7-10,13,15-19,23-25H2,1-6H3/t30-,43+/m1/s1. The first kappa shape index (κ1) is 38.0. The maximum atomic E-state index is 17.6. The Balaban J connectivity index is 1.34. The van der Waals surface area contributed by atoms with E-state index >= 15 is 8.78 Å². The second-order valence-electron chi connectivity index (χ2n) is 17.2. The lowest BCUT2D eigenvalue weighted by Gasteiger charge is -2.38. The summed E-state index contributed by atoms with van der Waals surface area (Å²) in [6.45, 7) is 16.9. The van der Waals surface area contributed by atoms with Crippen LogP contribution in [-0.4, -0.2) is 89.1 Å². The minimum Gasteiger partial charge on any atom is -0.508 e. The maximum Gasteiger partial charge on any atom is 0.319 e. The Kier molecular flexibility index (Phi) is 10.0. The molecule has 4 aromatic rings. The van der Waals surface area contributed by atoms with Gasteiger partial charge in [-0.1, -0.05) is 60.0 Å². The zero-order valence-corrected chi connectivity index (χ0v) is 34.0. The molecule has 2 aromatic carbocycles. The van der Waals surface area contributed by atoms with Crippen molar-refractivity contribution in [1.82, 2.24) is 24.9 Å². The number of anilines is 1. The first-order valence-corrected chi connectivity index (χ1v) is 22.5. The van der Waals surface area contributed by atoms with Crippen LogP contribution in [0.4, 0.5) is 19.0 Å². The average Bonchev–Trinajstić information content (AvgIpc) is 3.49. The van der Waals surface area contributed by atoms with Crippen LogP contribution in [0.5, 0.6) is 11.8 Å². The molecule has 0 unspecified atom stereocenters. The highest BCUT2D eigenvalue weighted by atomic mass is 28.3. The number of pyridine rings is 1. The molecular formula is C43H53F3N6O2Si. The highest BCUT2D eigenvalue weighted by Gasteiger charge is 2.49. The van der Waals surface area contributed by atoms with E-state index in [9.17, 15) is 9.50 Å². The number of fused-ring (bicyclic) bond motifs is 4. The number of benzene rings is 2. The van der Waals surface area contributed by atoms with E-state index in [0.717, 1.165) is 45.2 Å². The molecule has 6 heterocycles. The van der Waals surface area contributed by atoms with Crippen LogP contribution < -0.4 is 9.75 Å². The highest BCUT2D eigenvalue weighted by Crippen LogP contribution is 2.44. The Labute approximate surface area is 323 Å². The fraction of sp³-hybridized carbons (Fsp3) is 0.558. The van der Waals surface area contributed by atoms with Crippen LogP contribution in [0.15, 0.2) is 24.3 Å². The molecule has 0 spiro atoms. The molecule has 1 N–H and O–H groups in total. The molecule has 0 aliphatic carbocycles. The van der Waals surface area contributed by atoms with Crippen LogP contribution in [-0.2, 0) is 6.42 Å². The molecule has 0 saturated carbocycles. The van der Waals surface area contributed by atoms with Gasteiger partial charge in [0.05, 0.1) is 22.2 Å². The minimum absolute atomic E-state index is 0.0311. The quantitative estimate of drug-likeness (QED) is 0.147. The number of phenolic OH excluding ortho intramolecular Hbond substituents is 1. The van der Waals surface area contributed by atoms with Gasteiger partial charge in [-0.25, -0.2) is 23.2 Å². The SMILES string of the molecule is CC(C)[Si](C#Cc1c(F)ccc2cc(O)cc(-c3nc4c5c(nc(OC[C@@]67CCCN6C[C@H](F)C7)nc5c3F)N3CCCCCN3CC4)c12)(C(C)C)C(C)C. The molecule has 55 heavy (non-hydrogen) atoms. The van der Waals surface area contributed by atoms with Gasteiger partial charge in [0.1, 0.15) is 43.6 Å². The fourth-order valence-electron chi connectivity index (χ4n) is 10.5. The number of halogens is 3. The Morgan fingerprint density at radius 3 is 2.45 bits per heavy atom. The summed E-state index contributed by atoms with van der Waals surface area (Å²) in [5.41, 5.74) is 5.29. The summed E-state index contributed by atoms with van der Waals surface area (Å²) in [7, 11) is -2.28. The second kappa shape index (κ2) is 14.5. The van der Waals surface area contributed by atoms with Crippen molar-refractivity contribution >= 4 is 35.6 Å². The van der Waals surface area contributed by atoms with Crippen molar-refractivity contribution in [3.05, 3.63) is 47.2 Å². The minimum atomic E-state index is -2.28. The molecule has 2 aromatic heterocycles. The van der Waals surface area contributed by atoms with Crippen LogP contribution in [0.25, 0.3) is 32.9 Å². The molecule has 3 fully saturated rings. The normalized spacial score (nSPS) is 22.0. The number of ether oxygens (including phenoxy) is 1. The summed E-state index contributed by atoms with van der Waals surface area (Å²) >= 11 is 0. The molecule has 4 aliphatic heterocycles. The monoisotopic (exact) mass is 770 g/mol. The van der Waals surface area contributed by atoms with E-state index in [4.69, 9.17) is 19.7 Å². The number of alkyl halides is 1. The van der Waals surface area contributed by atoms with Gasteiger partial charge in [-0.05, 0) is 72.4 Å². The van der Waals surface area contributed by atoms with Gasteiger partial charge in [-0.15, -0.1) is 5.54 Å². The Bertz CT molecular complexity index is 2180. The van der Waals surface area contributed by atoms with Crippen molar-refractivity contribution in [2.75, 3.05) is 44.3 Å². The van der Waals surface area contributed by atoms with E-state index in [2.05, 4.69) is 67.9 Å². The van der Waals surface area contributed by atoms with Crippen molar-refractivity contribution in [3.8, 4) is 34.5 Å². The molecule has 12 heteroatoms. The van der Waals surface area contributed by atoms with Gasteiger partial charge in [-0.2, -0.15) is 9.97 Å². The molecule has 0 bridgehead atoms. The molecule has 8 nitrogen and oxygen atoms in total. The number of hydrogen-bond donors (Lipinski definition) is 1. The molecule has 3 saturated heterocycles. The van der Waals surface area contributed by atoms with E-state index in [1.165, 1.54) is 12.1 Å². The fourth-order valence-corrected chi connectivity index (χ4v) is 15.7. The topological polar surface area (TPSA) is 77.8 Å². The summed E-state index contributed by atoms with van der Waals surface area (Å²) < 4.78 is 54.8. The maximum absolute atomic E-state index is 17.6. The molecule has 2 atom stereocenters. The predicted octanol–water partition coefficient (Wildman–Crippen LogP) is 9.12. The second-order valence-corrected chi connectivity index (χ2v) is 22.8. The average molecular weight is 771 g/mol. The molecule has 0 amide bonds. The van der Waals surface area contributed by atoms with E-state index in [1.807, 2.05) is 0 Å². The lowest BCUT2D eigenvalue weighted by atomic mass is 9.95. The Morgan fingerprint density at radius 1 is 0.927 bits per heavy atom. The van der Waals surface area contributed by atoms with Crippen molar-refractivity contribution in [2.45, 2.75) is 115 Å². The summed E-state index contributed by atoms with van der Waals surface area (Å²) in [5.74, 6) is 2.57. The van der Waals surface area contributed by atoms with Crippen molar-refractivity contribution in [2.24, 2.45) is 0 Å². The third kappa shape index (κ3) is 6.44. The largest absolute Gasteiger partial charge is 0.508 e. The van der Waals surface area contributed by atoms with Gasteiger partial charge in [0.25, 0.3) is 0 Å². The smallest absolute Gasteiger partial charge is 0.319 e. The lowest BCUT2D eigenvalue weighted by molar-refractivity contribution is 0.107. The zero-order valence-electron chi connectivity index (χ0n) is 33.0.